The van der Waals surface area contributed by atoms with Gasteiger partial charge in [-0.05, 0) is 12.8 Å². The second-order valence-electron chi connectivity index (χ2n) is 1.84. The van der Waals surface area contributed by atoms with Crippen LogP contribution in [0.15, 0.2) is 0 Å². The Labute approximate surface area is 134 Å². The Morgan fingerprint density at radius 2 is 1.24 bits per heavy atom. The van der Waals surface area contributed by atoms with Gasteiger partial charge in [-0.25, -0.2) is 0 Å². The first-order chi connectivity index (χ1) is 4.54. The maximum absolute atomic E-state index is 9.86. The van der Waals surface area contributed by atoms with E-state index in [4.69, 9.17) is 5.73 Å². The largest absolute Gasteiger partial charge is 2.00 e. The molecule has 0 aliphatic carbocycles. The van der Waals surface area contributed by atoms with Crippen LogP contribution >= 0.6 is 0 Å². The van der Waals surface area contributed by atoms with E-state index in [1.165, 1.54) is 0 Å². The average molecular weight is 341 g/mol. The summed E-state index contributed by atoms with van der Waals surface area (Å²) in [5.74, 6) is -2.75. The van der Waals surface area contributed by atoms with Crippen LogP contribution in [-0.2, 0) is 9.59 Å². The first-order valence-electron chi connectivity index (χ1n) is 2.70. The molecule has 0 unspecified atom stereocenters. The first kappa shape index (κ1) is 53.4. The number of nitrogens with two attached hydrogens (primary N) is 1. The van der Waals surface area contributed by atoms with Crippen molar-refractivity contribution in [3.05, 3.63) is 0 Å². The zero-order valence-corrected chi connectivity index (χ0v) is 12.4. The summed E-state index contributed by atoms with van der Waals surface area (Å²) >= 11 is 0. The Morgan fingerprint density at radius 3 is 1.41 bits per heavy atom. The SMILES string of the molecule is N[C@@H](CCC(=O)[O-])C(=O)[O-].O.O.O.O.O.O.[Sr+2]. The maximum atomic E-state index is 9.86. The molecule has 12 heteroatoms. The van der Waals surface area contributed by atoms with E-state index in [1.807, 2.05) is 0 Å². The molecule has 14 N–H and O–H groups in total. The molecule has 11 nitrogen and oxygen atoms in total. The van der Waals surface area contributed by atoms with Crippen LogP contribution in [0, 0.1) is 0 Å². The molecule has 0 aliphatic rings. The fourth-order valence-electron chi connectivity index (χ4n) is 0.391. The van der Waals surface area contributed by atoms with Crippen molar-refractivity contribution in [2.24, 2.45) is 5.73 Å². The molecule has 0 aromatic carbocycles. The minimum Gasteiger partial charge on any atom is -0.550 e. The van der Waals surface area contributed by atoms with Crippen molar-refractivity contribution in [2.75, 3.05) is 0 Å². The van der Waals surface area contributed by atoms with E-state index >= 15 is 0 Å². The standard InChI is InChI=1S/C5H9NO4.6H2O.Sr/c6-3(5(9)10)1-2-4(7)8;;;;;;;/h3H,1-2,6H2,(H,7,8)(H,9,10);6*1H2;/q;;;;;;;+2/p-2/t3-;;;;;;;/m0......./s1. The second-order valence-corrected chi connectivity index (χ2v) is 1.84. The summed E-state index contributed by atoms with van der Waals surface area (Å²) in [7, 11) is 0. The summed E-state index contributed by atoms with van der Waals surface area (Å²) in [5.41, 5.74) is 4.91. The molecule has 0 amide bonds. The Hall–Kier alpha value is 0.141. The van der Waals surface area contributed by atoms with Gasteiger partial charge >= 0.3 is 45.5 Å². The van der Waals surface area contributed by atoms with Gasteiger partial charge in [-0.15, -0.1) is 0 Å². The minimum atomic E-state index is -1.44. The molecule has 0 aliphatic heterocycles. The molecule has 0 saturated carbocycles. The molecule has 17 heavy (non-hydrogen) atoms. The van der Waals surface area contributed by atoms with Crippen LogP contribution in [0.4, 0.5) is 0 Å². The summed E-state index contributed by atoms with van der Waals surface area (Å²) in [6.07, 6.45) is -0.500. The zero-order valence-electron chi connectivity index (χ0n) is 8.91. The van der Waals surface area contributed by atoms with Crippen LogP contribution in [0.2, 0.25) is 0 Å². The molecule has 0 rings (SSSR count). The molecule has 0 aromatic rings. The summed E-state index contributed by atoms with van der Waals surface area (Å²) in [6, 6.07) is -1.21. The summed E-state index contributed by atoms with van der Waals surface area (Å²) in [6.45, 7) is 0. The van der Waals surface area contributed by atoms with Crippen molar-refractivity contribution in [2.45, 2.75) is 18.9 Å². The zero-order chi connectivity index (χ0) is 8.15. The van der Waals surface area contributed by atoms with Crippen LogP contribution in [0.1, 0.15) is 12.8 Å². The molecule has 106 valence electrons. The predicted octanol–water partition coefficient (Wildman–Crippen LogP) is -8.74. The predicted molar refractivity (Wildman–Crippen MR) is 54.7 cm³/mol. The molecule has 0 bridgehead atoms. The van der Waals surface area contributed by atoms with Crippen molar-refractivity contribution in [1.82, 2.24) is 0 Å². The molecular weight excluding hydrogens is 322 g/mol. The topological polar surface area (TPSA) is 295 Å². The fourth-order valence-corrected chi connectivity index (χ4v) is 0.391. The fraction of sp³-hybridized carbons (Fsp3) is 0.600. The van der Waals surface area contributed by atoms with Crippen LogP contribution < -0.4 is 15.9 Å². The number of carbonyl (C=O) groups excluding carboxylic acids is 2. The molecule has 0 heterocycles. The van der Waals surface area contributed by atoms with Crippen LogP contribution in [0.25, 0.3) is 0 Å². The number of carbonyl (C=O) groups is 2. The third-order valence-corrected chi connectivity index (χ3v) is 0.962. The van der Waals surface area contributed by atoms with E-state index in [1.54, 1.807) is 0 Å². The number of hydrogen-bond acceptors (Lipinski definition) is 5. The van der Waals surface area contributed by atoms with E-state index in [0.717, 1.165) is 0 Å². The van der Waals surface area contributed by atoms with Crippen molar-refractivity contribution < 1.29 is 52.7 Å². The van der Waals surface area contributed by atoms with Crippen LogP contribution in [0.3, 0.4) is 0 Å². The molecule has 0 radical (unpaired) electrons. The Morgan fingerprint density at radius 1 is 0.941 bits per heavy atom. The third-order valence-electron chi connectivity index (χ3n) is 0.962. The van der Waals surface area contributed by atoms with Crippen LogP contribution in [0.5, 0.6) is 0 Å². The van der Waals surface area contributed by atoms with E-state index < -0.39 is 18.0 Å². The average Bonchev–Trinajstić information content (AvgIpc) is 1.82. The smallest absolute Gasteiger partial charge is 0.550 e. The Balaban J connectivity index is -0.0000000193. The number of carboxylic acids is 2. The third kappa shape index (κ3) is 38.6. The maximum Gasteiger partial charge on any atom is 2.00 e. The minimum absolute atomic E-state index is 0. The van der Waals surface area contributed by atoms with Gasteiger partial charge in [0.2, 0.25) is 0 Å². The quantitative estimate of drug-likeness (QED) is 0.485. The molecular formula is C5H19NO10Sr. The summed E-state index contributed by atoms with van der Waals surface area (Å²) in [5, 5.41) is 19.6. The van der Waals surface area contributed by atoms with Gasteiger partial charge in [-0.2, -0.15) is 0 Å². The van der Waals surface area contributed by atoms with E-state index in [9.17, 15) is 19.8 Å². The Bertz CT molecular complexity index is 156. The number of hydrogen-bond donors (Lipinski definition) is 1. The van der Waals surface area contributed by atoms with Gasteiger partial charge in [0.05, 0.1) is 5.97 Å². The monoisotopic (exact) mass is 341 g/mol. The number of carboxylic acid groups (broad SMARTS) is 2. The van der Waals surface area contributed by atoms with Gasteiger partial charge in [0.1, 0.15) is 0 Å². The van der Waals surface area contributed by atoms with Gasteiger partial charge < -0.3 is 58.4 Å². The van der Waals surface area contributed by atoms with E-state index in [0.29, 0.717) is 0 Å². The van der Waals surface area contributed by atoms with Gasteiger partial charge in [0, 0.05) is 12.0 Å². The number of aliphatic carboxylic acids is 2. The van der Waals surface area contributed by atoms with Gasteiger partial charge in [-0.3, -0.25) is 0 Å². The van der Waals surface area contributed by atoms with Crippen molar-refractivity contribution in [3.63, 3.8) is 0 Å². The van der Waals surface area contributed by atoms with E-state index in [2.05, 4.69) is 0 Å². The van der Waals surface area contributed by atoms with Gasteiger partial charge in [0.15, 0.2) is 0 Å². The summed E-state index contributed by atoms with van der Waals surface area (Å²) in [4.78, 5) is 19.6. The first-order valence-corrected chi connectivity index (χ1v) is 2.70. The van der Waals surface area contributed by atoms with Crippen molar-refractivity contribution >= 4 is 57.4 Å². The van der Waals surface area contributed by atoms with Crippen molar-refractivity contribution in [3.8, 4) is 0 Å². The van der Waals surface area contributed by atoms with Crippen molar-refractivity contribution in [1.29, 1.82) is 0 Å². The molecule has 0 aromatic heterocycles. The van der Waals surface area contributed by atoms with Gasteiger partial charge in [-0.1, -0.05) is 0 Å². The normalized spacial score (nSPS) is 7.35. The second kappa shape index (κ2) is 29.8. The molecule has 0 fully saturated rings. The Kier molecular flexibility index (Phi) is 93.7. The molecule has 0 saturated heterocycles. The number of rotatable bonds is 4. The molecule has 1 atom stereocenters. The van der Waals surface area contributed by atoms with Crippen LogP contribution in [-0.4, -0.2) is 96.3 Å². The van der Waals surface area contributed by atoms with Gasteiger partial charge in [0.25, 0.3) is 0 Å². The van der Waals surface area contributed by atoms with E-state index in [-0.39, 0.29) is 91.2 Å². The molecule has 0 spiro atoms. The summed E-state index contributed by atoms with van der Waals surface area (Å²) < 4.78 is 0.